The summed E-state index contributed by atoms with van der Waals surface area (Å²) in [6.07, 6.45) is 9.59. The average Bonchev–Trinajstić information content (AvgIpc) is 2.97. The van der Waals surface area contributed by atoms with Crippen molar-refractivity contribution in [3.8, 4) is 11.5 Å². The molecule has 4 aliphatic rings. The van der Waals surface area contributed by atoms with E-state index in [-0.39, 0.29) is 17.4 Å². The Hall–Kier alpha value is -3.85. The minimum absolute atomic E-state index is 0.130. The van der Waals surface area contributed by atoms with Gasteiger partial charge in [0.25, 0.3) is 15.9 Å². The molecule has 4 aliphatic carbocycles. The van der Waals surface area contributed by atoms with Crippen molar-refractivity contribution in [2.45, 2.75) is 62.7 Å². The lowest BCUT2D eigenvalue weighted by molar-refractivity contribution is -0.118. The maximum absolute atomic E-state index is 12.7. The summed E-state index contributed by atoms with van der Waals surface area (Å²) in [6.45, 7) is 3.94. The minimum Gasteiger partial charge on any atom is -0.490 e. The van der Waals surface area contributed by atoms with Gasteiger partial charge in [-0.05, 0) is 129 Å². The summed E-state index contributed by atoms with van der Waals surface area (Å²) in [7, 11) is -3.78. The summed E-state index contributed by atoms with van der Waals surface area (Å²) in [5.41, 5.74) is 4.08. The van der Waals surface area contributed by atoms with Crippen LogP contribution in [0.5, 0.6) is 11.5 Å². The molecule has 43 heavy (non-hydrogen) atoms. The summed E-state index contributed by atoms with van der Waals surface area (Å²) < 4.78 is 36.5. The van der Waals surface area contributed by atoms with Gasteiger partial charge in [-0.3, -0.25) is 4.79 Å². The van der Waals surface area contributed by atoms with E-state index in [9.17, 15) is 13.2 Å². The van der Waals surface area contributed by atoms with Gasteiger partial charge < -0.3 is 14.8 Å². The highest BCUT2D eigenvalue weighted by atomic mass is 32.2. The van der Waals surface area contributed by atoms with Gasteiger partial charge in [0.05, 0.1) is 17.7 Å². The summed E-state index contributed by atoms with van der Waals surface area (Å²) in [5, 5.41) is 6.84. The number of amides is 1. The van der Waals surface area contributed by atoms with E-state index < -0.39 is 10.0 Å². The molecule has 0 aliphatic heterocycles. The van der Waals surface area contributed by atoms with Crippen LogP contribution in [0.2, 0.25) is 0 Å². The second kappa shape index (κ2) is 12.0. The fourth-order valence-corrected chi connectivity index (χ4v) is 8.44. The van der Waals surface area contributed by atoms with Crippen LogP contribution in [0.15, 0.2) is 76.7 Å². The summed E-state index contributed by atoms with van der Waals surface area (Å²) in [4.78, 5) is 15.1. The highest BCUT2D eigenvalue weighted by Gasteiger charge is 2.51. The molecule has 4 fully saturated rings. The number of sulfonamides is 1. The SMILES string of the molecule is CCOc1cc(/C=N\NS(=O)(=O)c2ccc(C)cc2)ccc1OCC(=O)Nc1ccc(C23CC4CC(CC(C4)C2)C3)cc1. The summed E-state index contributed by atoms with van der Waals surface area (Å²) >= 11 is 0. The zero-order chi connectivity index (χ0) is 30.0. The quantitative estimate of drug-likeness (QED) is 0.201. The molecule has 4 saturated carbocycles. The molecule has 3 aromatic rings. The van der Waals surface area contributed by atoms with Gasteiger partial charge in [0.15, 0.2) is 18.1 Å². The standard InChI is InChI=1S/C34H39N3O5S/c1-3-41-32-17-24(21-35-37-43(39,40)30-11-4-23(2)5-12-30)6-13-31(32)42-22-33(38)36-29-9-7-28(8-10-29)34-18-25-14-26(19-34)16-27(15-25)20-34/h4-13,17,21,25-27,37H,3,14-16,18-20,22H2,1-2H3,(H,36,38)/b35-21-. The molecule has 226 valence electrons. The topological polar surface area (TPSA) is 106 Å². The molecule has 0 aromatic heterocycles. The molecule has 0 heterocycles. The molecule has 4 bridgehead atoms. The molecule has 7 rings (SSSR count). The van der Waals surface area contributed by atoms with Crippen LogP contribution in [-0.4, -0.2) is 33.8 Å². The van der Waals surface area contributed by atoms with Crippen molar-refractivity contribution in [1.29, 1.82) is 0 Å². The zero-order valence-electron chi connectivity index (χ0n) is 24.7. The summed E-state index contributed by atoms with van der Waals surface area (Å²) in [5.74, 6) is 3.25. The summed E-state index contributed by atoms with van der Waals surface area (Å²) in [6, 6.07) is 20.0. The molecule has 1 amide bonds. The van der Waals surface area contributed by atoms with Crippen LogP contribution in [0.4, 0.5) is 5.69 Å². The smallest absolute Gasteiger partial charge is 0.276 e. The predicted octanol–water partition coefficient (Wildman–Crippen LogP) is 6.19. The van der Waals surface area contributed by atoms with Crippen LogP contribution in [-0.2, 0) is 20.2 Å². The van der Waals surface area contributed by atoms with E-state index in [1.165, 1.54) is 62.4 Å². The van der Waals surface area contributed by atoms with Crippen molar-refractivity contribution in [1.82, 2.24) is 4.83 Å². The maximum atomic E-state index is 12.7. The highest BCUT2D eigenvalue weighted by molar-refractivity contribution is 7.89. The van der Waals surface area contributed by atoms with Crippen molar-refractivity contribution >= 4 is 27.8 Å². The predicted molar refractivity (Wildman–Crippen MR) is 167 cm³/mol. The van der Waals surface area contributed by atoms with Crippen LogP contribution in [0.25, 0.3) is 0 Å². The number of hydrogen-bond acceptors (Lipinski definition) is 6. The molecule has 2 N–H and O–H groups in total. The van der Waals surface area contributed by atoms with E-state index in [0.29, 0.717) is 29.1 Å². The van der Waals surface area contributed by atoms with E-state index in [1.54, 1.807) is 30.3 Å². The normalized spacial score (nSPS) is 24.2. The van der Waals surface area contributed by atoms with E-state index in [1.807, 2.05) is 26.0 Å². The maximum Gasteiger partial charge on any atom is 0.276 e. The Bertz CT molecular complexity index is 1560. The number of benzene rings is 3. The number of hydrogen-bond donors (Lipinski definition) is 2. The first kappa shape index (κ1) is 29.2. The minimum atomic E-state index is -3.78. The zero-order valence-corrected chi connectivity index (χ0v) is 25.5. The number of hydrazone groups is 1. The molecule has 0 unspecified atom stereocenters. The lowest BCUT2D eigenvalue weighted by Gasteiger charge is -2.57. The molecular formula is C34H39N3O5S. The Morgan fingerprint density at radius 3 is 2.19 bits per heavy atom. The number of carbonyl (C=O) groups excluding carboxylic acids is 1. The van der Waals surface area contributed by atoms with Crippen LogP contribution < -0.4 is 19.6 Å². The van der Waals surface area contributed by atoms with Gasteiger partial charge >= 0.3 is 0 Å². The van der Waals surface area contributed by atoms with Crippen molar-refractivity contribution < 1.29 is 22.7 Å². The third-order valence-electron chi connectivity index (χ3n) is 9.16. The van der Waals surface area contributed by atoms with Crippen molar-refractivity contribution in [2.24, 2.45) is 22.9 Å². The fourth-order valence-electron chi connectivity index (χ4n) is 7.64. The van der Waals surface area contributed by atoms with E-state index in [4.69, 9.17) is 9.47 Å². The van der Waals surface area contributed by atoms with Gasteiger partial charge in [-0.1, -0.05) is 29.8 Å². The molecule has 9 heteroatoms. The number of nitrogens with zero attached hydrogens (tertiary/aromatic N) is 1. The van der Waals surface area contributed by atoms with Crippen molar-refractivity contribution in [3.05, 3.63) is 83.4 Å². The first-order valence-corrected chi connectivity index (χ1v) is 16.6. The lowest BCUT2D eigenvalue weighted by atomic mass is 9.48. The van der Waals surface area contributed by atoms with Crippen LogP contribution in [0, 0.1) is 24.7 Å². The van der Waals surface area contributed by atoms with Gasteiger partial charge in [-0.25, -0.2) is 4.83 Å². The first-order chi connectivity index (χ1) is 20.7. The Morgan fingerprint density at radius 1 is 0.907 bits per heavy atom. The van der Waals surface area contributed by atoms with Crippen molar-refractivity contribution in [3.63, 3.8) is 0 Å². The van der Waals surface area contributed by atoms with Crippen molar-refractivity contribution in [2.75, 3.05) is 18.5 Å². The van der Waals surface area contributed by atoms with E-state index >= 15 is 0 Å². The van der Waals surface area contributed by atoms with Crippen LogP contribution in [0.3, 0.4) is 0 Å². The lowest BCUT2D eigenvalue weighted by Crippen LogP contribution is -2.48. The third kappa shape index (κ3) is 6.56. The molecule has 3 aromatic carbocycles. The van der Waals surface area contributed by atoms with Gasteiger partial charge in [0.1, 0.15) is 0 Å². The van der Waals surface area contributed by atoms with Crippen LogP contribution >= 0.6 is 0 Å². The van der Waals surface area contributed by atoms with Crippen LogP contribution in [0.1, 0.15) is 62.1 Å². The number of aryl methyl sites for hydroxylation is 1. The molecule has 0 radical (unpaired) electrons. The average molecular weight is 602 g/mol. The molecule has 0 spiro atoms. The van der Waals surface area contributed by atoms with Gasteiger partial charge in [-0.15, -0.1) is 0 Å². The Morgan fingerprint density at radius 2 is 1.56 bits per heavy atom. The largest absolute Gasteiger partial charge is 0.490 e. The number of carbonyl (C=O) groups is 1. The molecule has 0 atom stereocenters. The molecule has 0 saturated heterocycles. The monoisotopic (exact) mass is 601 g/mol. The third-order valence-corrected chi connectivity index (χ3v) is 10.4. The van der Waals surface area contributed by atoms with Gasteiger partial charge in [0.2, 0.25) is 0 Å². The number of anilines is 1. The van der Waals surface area contributed by atoms with E-state index in [2.05, 4.69) is 27.4 Å². The number of ether oxygens (including phenoxy) is 2. The first-order valence-electron chi connectivity index (χ1n) is 15.1. The Kier molecular flexibility index (Phi) is 8.18. The fraction of sp³-hybridized carbons (Fsp3) is 0.412. The number of nitrogens with one attached hydrogen (secondary N) is 2. The second-order valence-electron chi connectivity index (χ2n) is 12.4. The second-order valence-corrected chi connectivity index (χ2v) is 14.1. The highest BCUT2D eigenvalue weighted by Crippen LogP contribution is 2.60. The molecular weight excluding hydrogens is 562 g/mol. The Labute approximate surface area is 253 Å². The molecule has 8 nitrogen and oxygen atoms in total. The van der Waals surface area contributed by atoms with Gasteiger partial charge in [0, 0.05) is 5.69 Å². The van der Waals surface area contributed by atoms with Gasteiger partial charge in [-0.2, -0.15) is 13.5 Å². The number of rotatable bonds is 11. The van der Waals surface area contributed by atoms with E-state index in [0.717, 1.165) is 29.0 Å². The Balaban J connectivity index is 1.04.